The fourth-order valence-corrected chi connectivity index (χ4v) is 5.60. The van der Waals surface area contributed by atoms with Gasteiger partial charge in [0, 0.05) is 12.5 Å². The molecule has 0 aliphatic carbocycles. The van der Waals surface area contributed by atoms with Crippen molar-refractivity contribution >= 4 is 16.0 Å². The Morgan fingerprint density at radius 1 is 1.11 bits per heavy atom. The Bertz CT molecular complexity index is 926. The zero-order valence-electron chi connectivity index (χ0n) is 16.0. The SMILES string of the molecule is COC(=O)CC[C@@H]1CC[C@H](c2ccc(F)cc2)N1S(=O)(=O)c1ccc(C)cc1. The van der Waals surface area contributed by atoms with E-state index >= 15 is 0 Å². The van der Waals surface area contributed by atoms with Crippen LogP contribution in [0.25, 0.3) is 0 Å². The van der Waals surface area contributed by atoms with E-state index in [1.54, 1.807) is 36.4 Å². The summed E-state index contributed by atoms with van der Waals surface area (Å²) in [4.78, 5) is 11.8. The summed E-state index contributed by atoms with van der Waals surface area (Å²) in [5.41, 5.74) is 1.72. The number of nitrogens with zero attached hydrogens (tertiary/aromatic N) is 1. The number of carbonyl (C=O) groups is 1. The quantitative estimate of drug-likeness (QED) is 0.682. The second-order valence-corrected chi connectivity index (χ2v) is 8.90. The first-order chi connectivity index (χ1) is 13.3. The van der Waals surface area contributed by atoms with Crippen LogP contribution in [0.5, 0.6) is 0 Å². The Kier molecular flexibility index (Phi) is 6.15. The molecule has 28 heavy (non-hydrogen) atoms. The molecule has 0 saturated carbocycles. The van der Waals surface area contributed by atoms with Gasteiger partial charge in [0.05, 0.1) is 18.0 Å². The van der Waals surface area contributed by atoms with Gasteiger partial charge in [0.25, 0.3) is 0 Å². The van der Waals surface area contributed by atoms with Gasteiger partial charge in [0.1, 0.15) is 5.82 Å². The third kappa shape index (κ3) is 4.25. The molecule has 5 nitrogen and oxygen atoms in total. The maximum Gasteiger partial charge on any atom is 0.305 e. The lowest BCUT2D eigenvalue weighted by molar-refractivity contribution is -0.140. The van der Waals surface area contributed by atoms with E-state index < -0.39 is 16.1 Å². The van der Waals surface area contributed by atoms with E-state index in [1.165, 1.54) is 23.5 Å². The van der Waals surface area contributed by atoms with Crippen molar-refractivity contribution in [3.8, 4) is 0 Å². The maximum absolute atomic E-state index is 13.5. The fourth-order valence-electron chi connectivity index (χ4n) is 3.71. The van der Waals surface area contributed by atoms with Gasteiger partial charge >= 0.3 is 5.97 Å². The van der Waals surface area contributed by atoms with Gasteiger partial charge in [-0.1, -0.05) is 29.8 Å². The van der Waals surface area contributed by atoms with Crippen LogP contribution >= 0.6 is 0 Å². The molecule has 0 aromatic heterocycles. The first kappa shape index (κ1) is 20.5. The Morgan fingerprint density at radius 2 is 1.75 bits per heavy atom. The minimum atomic E-state index is -3.78. The Morgan fingerprint density at radius 3 is 2.36 bits per heavy atom. The van der Waals surface area contributed by atoms with Crippen LogP contribution in [-0.4, -0.2) is 31.8 Å². The molecule has 150 valence electrons. The molecule has 1 fully saturated rings. The van der Waals surface area contributed by atoms with E-state index in [1.807, 2.05) is 6.92 Å². The summed E-state index contributed by atoms with van der Waals surface area (Å²) in [6, 6.07) is 11.9. The third-order valence-electron chi connectivity index (χ3n) is 5.20. The van der Waals surface area contributed by atoms with Gasteiger partial charge in [-0.25, -0.2) is 12.8 Å². The average molecular weight is 405 g/mol. The molecule has 0 bridgehead atoms. The molecule has 1 aliphatic rings. The summed E-state index contributed by atoms with van der Waals surface area (Å²) in [5.74, 6) is -0.727. The molecule has 0 unspecified atom stereocenters. The van der Waals surface area contributed by atoms with Crippen molar-refractivity contribution in [3.05, 3.63) is 65.5 Å². The minimum absolute atomic E-state index is 0.150. The van der Waals surface area contributed by atoms with Crippen LogP contribution in [-0.2, 0) is 19.6 Å². The lowest BCUT2D eigenvalue weighted by Crippen LogP contribution is -2.37. The van der Waals surface area contributed by atoms with Gasteiger partial charge in [0.2, 0.25) is 10.0 Å². The smallest absolute Gasteiger partial charge is 0.305 e. The van der Waals surface area contributed by atoms with E-state index in [0.717, 1.165) is 11.1 Å². The Balaban J connectivity index is 1.97. The zero-order chi connectivity index (χ0) is 20.3. The van der Waals surface area contributed by atoms with Crippen LogP contribution < -0.4 is 0 Å². The first-order valence-electron chi connectivity index (χ1n) is 9.25. The highest BCUT2D eigenvalue weighted by Crippen LogP contribution is 2.42. The standard InChI is InChI=1S/C21H24FNO4S/c1-15-3-11-19(12-4-15)28(25,26)23-18(10-14-21(24)27-2)9-13-20(23)16-5-7-17(22)8-6-16/h3-8,11-12,18,20H,9-10,13-14H2,1-2H3/t18-,20+/m0/s1. The number of benzene rings is 2. The highest BCUT2D eigenvalue weighted by atomic mass is 32.2. The van der Waals surface area contributed by atoms with Gasteiger partial charge < -0.3 is 4.74 Å². The summed E-state index contributed by atoms with van der Waals surface area (Å²) in [6.07, 6.45) is 1.78. The number of hydrogen-bond acceptors (Lipinski definition) is 4. The van der Waals surface area contributed by atoms with Crippen molar-refractivity contribution in [1.29, 1.82) is 0 Å². The highest BCUT2D eigenvalue weighted by Gasteiger charge is 2.42. The topological polar surface area (TPSA) is 63.7 Å². The van der Waals surface area contributed by atoms with Crippen LogP contribution in [0.1, 0.15) is 42.9 Å². The molecule has 0 radical (unpaired) electrons. The summed E-state index contributed by atoms with van der Waals surface area (Å²) in [7, 11) is -2.46. The molecule has 3 rings (SSSR count). The number of halogens is 1. The highest BCUT2D eigenvalue weighted by molar-refractivity contribution is 7.89. The molecule has 1 aliphatic heterocycles. The number of ether oxygens (including phenoxy) is 1. The molecule has 0 spiro atoms. The van der Waals surface area contributed by atoms with E-state index in [4.69, 9.17) is 4.74 Å². The summed E-state index contributed by atoms with van der Waals surface area (Å²) in [5, 5.41) is 0. The first-order valence-corrected chi connectivity index (χ1v) is 10.7. The van der Waals surface area contributed by atoms with Crippen molar-refractivity contribution in [2.75, 3.05) is 7.11 Å². The van der Waals surface area contributed by atoms with Crippen LogP contribution in [0.15, 0.2) is 53.4 Å². The van der Waals surface area contributed by atoms with Gasteiger partial charge in [-0.2, -0.15) is 4.31 Å². The zero-order valence-corrected chi connectivity index (χ0v) is 16.8. The van der Waals surface area contributed by atoms with Crippen LogP contribution in [0.4, 0.5) is 4.39 Å². The lowest BCUT2D eigenvalue weighted by atomic mass is 10.1. The van der Waals surface area contributed by atoms with Crippen molar-refractivity contribution < 1.29 is 22.3 Å². The molecule has 2 atom stereocenters. The Labute approximate surface area is 165 Å². The van der Waals surface area contributed by atoms with E-state index in [-0.39, 0.29) is 29.1 Å². The molecular formula is C21H24FNO4S. The van der Waals surface area contributed by atoms with Gasteiger partial charge in [0.15, 0.2) is 0 Å². The largest absolute Gasteiger partial charge is 0.469 e. The second-order valence-electron chi connectivity index (χ2n) is 7.06. The number of aryl methyl sites for hydroxylation is 1. The average Bonchev–Trinajstić information content (AvgIpc) is 3.12. The van der Waals surface area contributed by atoms with E-state index in [2.05, 4.69) is 0 Å². The predicted molar refractivity (Wildman–Crippen MR) is 104 cm³/mol. The predicted octanol–water partition coefficient (Wildman–Crippen LogP) is 3.98. The number of carbonyl (C=O) groups excluding carboxylic acids is 1. The molecule has 7 heteroatoms. The number of methoxy groups -OCH3 is 1. The molecule has 1 saturated heterocycles. The normalized spacial score (nSPS) is 20.2. The van der Waals surface area contributed by atoms with Gasteiger partial charge in [-0.15, -0.1) is 0 Å². The fraction of sp³-hybridized carbons (Fsp3) is 0.381. The number of sulfonamides is 1. The van der Waals surface area contributed by atoms with Crippen LogP contribution in [0.3, 0.4) is 0 Å². The number of hydrogen-bond donors (Lipinski definition) is 0. The van der Waals surface area contributed by atoms with Crippen molar-refractivity contribution in [2.45, 2.75) is 49.6 Å². The maximum atomic E-state index is 13.5. The lowest BCUT2D eigenvalue weighted by Gasteiger charge is -2.30. The van der Waals surface area contributed by atoms with Gasteiger partial charge in [-0.05, 0) is 56.0 Å². The summed E-state index contributed by atoms with van der Waals surface area (Å²) < 4.78 is 46.5. The van der Waals surface area contributed by atoms with Crippen molar-refractivity contribution in [3.63, 3.8) is 0 Å². The molecule has 2 aromatic rings. The van der Waals surface area contributed by atoms with Crippen molar-refractivity contribution in [1.82, 2.24) is 4.31 Å². The number of rotatable bonds is 6. The van der Waals surface area contributed by atoms with E-state index in [9.17, 15) is 17.6 Å². The minimum Gasteiger partial charge on any atom is -0.469 e. The molecule has 0 amide bonds. The molecular weight excluding hydrogens is 381 g/mol. The van der Waals surface area contributed by atoms with Gasteiger partial charge in [-0.3, -0.25) is 4.79 Å². The second kappa shape index (κ2) is 8.41. The molecule has 0 N–H and O–H groups in total. The van der Waals surface area contributed by atoms with E-state index in [0.29, 0.717) is 19.3 Å². The molecule has 2 aromatic carbocycles. The monoisotopic (exact) mass is 405 g/mol. The Hall–Kier alpha value is -2.25. The molecule has 1 heterocycles. The van der Waals surface area contributed by atoms with Crippen LogP contribution in [0, 0.1) is 12.7 Å². The summed E-state index contributed by atoms with van der Waals surface area (Å²) >= 11 is 0. The summed E-state index contributed by atoms with van der Waals surface area (Å²) in [6.45, 7) is 1.90. The third-order valence-corrected chi connectivity index (χ3v) is 7.18. The number of esters is 1. The van der Waals surface area contributed by atoms with Crippen molar-refractivity contribution in [2.24, 2.45) is 0 Å². The van der Waals surface area contributed by atoms with Crippen LogP contribution in [0.2, 0.25) is 0 Å².